The molecule has 0 saturated heterocycles. The van der Waals surface area contributed by atoms with Crippen LogP contribution in [0.4, 0.5) is 0 Å². The van der Waals surface area contributed by atoms with Crippen LogP contribution in [0.1, 0.15) is 26.3 Å². The predicted molar refractivity (Wildman–Crippen MR) is 76.1 cm³/mol. The summed E-state index contributed by atoms with van der Waals surface area (Å²) in [5.41, 5.74) is 0.896. The summed E-state index contributed by atoms with van der Waals surface area (Å²) in [6.07, 6.45) is -0.198. The van der Waals surface area contributed by atoms with E-state index in [0.717, 1.165) is 0 Å². The van der Waals surface area contributed by atoms with Crippen molar-refractivity contribution in [3.05, 3.63) is 59.2 Å². The van der Waals surface area contributed by atoms with Crippen LogP contribution in [0.3, 0.4) is 0 Å². The van der Waals surface area contributed by atoms with E-state index in [9.17, 15) is 14.4 Å². The molecule has 2 N–H and O–H groups in total. The first-order chi connectivity index (χ1) is 10.6. The van der Waals surface area contributed by atoms with Crippen LogP contribution in [0.15, 0.2) is 42.5 Å². The molecule has 0 unspecified atom stereocenters. The number of carboxylic acid groups (broad SMARTS) is 1. The predicted octanol–water partition coefficient (Wildman–Crippen LogP) is 1.99. The zero-order valence-corrected chi connectivity index (χ0v) is 11.3. The number of hydrogen-bond donors (Lipinski definition) is 2. The lowest BCUT2D eigenvalue weighted by atomic mass is 10.1. The van der Waals surface area contributed by atoms with Gasteiger partial charge < -0.3 is 9.84 Å². The maximum atomic E-state index is 11.8. The first kappa shape index (κ1) is 13.8. The minimum absolute atomic E-state index is 0.164. The third kappa shape index (κ3) is 2.42. The summed E-state index contributed by atoms with van der Waals surface area (Å²) in [6, 6.07) is 11.4. The summed E-state index contributed by atoms with van der Waals surface area (Å²) in [5.74, 6) is -1.41. The highest BCUT2D eigenvalue weighted by Gasteiger charge is 2.30. The highest BCUT2D eigenvalue weighted by Crippen LogP contribution is 2.32. The average molecular weight is 297 g/mol. The number of hydrogen-bond acceptors (Lipinski definition) is 4. The summed E-state index contributed by atoms with van der Waals surface area (Å²) in [6.45, 7) is 0. The topological polar surface area (TPSA) is 92.7 Å². The molecule has 0 radical (unpaired) electrons. The van der Waals surface area contributed by atoms with Crippen molar-refractivity contribution >= 4 is 17.8 Å². The molecule has 22 heavy (non-hydrogen) atoms. The molecule has 1 aliphatic rings. The molecule has 0 aliphatic carbocycles. The van der Waals surface area contributed by atoms with Crippen LogP contribution >= 0.6 is 0 Å². The Labute approximate surface area is 125 Å². The Kier molecular flexibility index (Phi) is 3.34. The Bertz CT molecular complexity index is 797. The van der Waals surface area contributed by atoms with Crippen molar-refractivity contribution in [2.45, 2.75) is 6.42 Å². The lowest BCUT2D eigenvalue weighted by Gasteiger charge is -2.11. The van der Waals surface area contributed by atoms with Gasteiger partial charge in [-0.25, -0.2) is 0 Å². The molecular formula is C16H11NO5. The fourth-order valence-corrected chi connectivity index (χ4v) is 2.30. The number of carboxylic acids is 1. The lowest BCUT2D eigenvalue weighted by molar-refractivity contribution is -0.136. The van der Waals surface area contributed by atoms with Crippen LogP contribution in [-0.4, -0.2) is 22.9 Å². The van der Waals surface area contributed by atoms with Crippen molar-refractivity contribution in [3.63, 3.8) is 0 Å². The van der Waals surface area contributed by atoms with Gasteiger partial charge in [-0.3, -0.25) is 19.7 Å². The van der Waals surface area contributed by atoms with E-state index < -0.39 is 17.8 Å². The summed E-state index contributed by atoms with van der Waals surface area (Å²) in [5, 5.41) is 11.1. The monoisotopic (exact) mass is 297 g/mol. The van der Waals surface area contributed by atoms with Crippen molar-refractivity contribution in [2.24, 2.45) is 0 Å². The number of rotatable bonds is 4. The normalized spacial score (nSPS) is 12.7. The number of nitrogens with one attached hydrogen (secondary N) is 1. The van der Waals surface area contributed by atoms with Crippen LogP contribution in [0, 0.1) is 0 Å². The largest absolute Gasteiger partial charge is 0.481 e. The second-order valence-electron chi connectivity index (χ2n) is 4.74. The Morgan fingerprint density at radius 3 is 2.50 bits per heavy atom. The second-order valence-corrected chi connectivity index (χ2v) is 4.74. The molecule has 1 aliphatic heterocycles. The number of carbonyl (C=O) groups is 3. The quantitative estimate of drug-likeness (QED) is 0.842. The Hall–Kier alpha value is -3.15. The fraction of sp³-hybridized carbons (Fsp3) is 0.0625. The standard InChI is InChI=1S/C16H11NO5/c18-13(19)8-9-4-1-2-6-11(9)22-12-7-3-5-10-14(12)16(21)17-15(10)20/h1-7H,8H2,(H,18,19)(H,17,20,21). The van der Waals surface area contributed by atoms with Crippen molar-refractivity contribution in [3.8, 4) is 11.5 Å². The number of amides is 2. The zero-order chi connectivity index (χ0) is 15.7. The van der Waals surface area contributed by atoms with Gasteiger partial charge in [-0.1, -0.05) is 24.3 Å². The molecule has 2 aromatic rings. The maximum absolute atomic E-state index is 11.8. The van der Waals surface area contributed by atoms with Crippen molar-refractivity contribution < 1.29 is 24.2 Å². The van der Waals surface area contributed by atoms with Gasteiger partial charge in [-0.05, 0) is 18.2 Å². The molecule has 0 bridgehead atoms. The van der Waals surface area contributed by atoms with Crippen molar-refractivity contribution in [1.29, 1.82) is 0 Å². The van der Waals surface area contributed by atoms with E-state index >= 15 is 0 Å². The van der Waals surface area contributed by atoms with Crippen molar-refractivity contribution in [1.82, 2.24) is 5.32 Å². The molecule has 3 rings (SSSR count). The van der Waals surface area contributed by atoms with E-state index in [2.05, 4.69) is 5.32 Å². The molecule has 6 nitrogen and oxygen atoms in total. The molecular weight excluding hydrogens is 286 g/mol. The minimum atomic E-state index is -0.984. The van der Waals surface area contributed by atoms with Gasteiger partial charge >= 0.3 is 5.97 Å². The van der Waals surface area contributed by atoms with Gasteiger partial charge in [0.1, 0.15) is 11.5 Å². The molecule has 0 fully saturated rings. The third-order valence-electron chi connectivity index (χ3n) is 3.26. The molecule has 0 saturated carbocycles. The summed E-state index contributed by atoms with van der Waals surface area (Å²) in [4.78, 5) is 34.4. The highest BCUT2D eigenvalue weighted by molar-refractivity contribution is 6.22. The number of benzene rings is 2. The van der Waals surface area contributed by atoms with Crippen LogP contribution in [0.5, 0.6) is 11.5 Å². The smallest absolute Gasteiger partial charge is 0.307 e. The van der Waals surface area contributed by atoms with Gasteiger partial charge in [-0.2, -0.15) is 0 Å². The molecule has 0 atom stereocenters. The molecule has 0 aromatic heterocycles. The molecule has 0 spiro atoms. The molecule has 2 aromatic carbocycles. The summed E-state index contributed by atoms with van der Waals surface area (Å²) < 4.78 is 5.70. The maximum Gasteiger partial charge on any atom is 0.307 e. The molecule has 2 amide bonds. The van der Waals surface area contributed by atoms with Crippen molar-refractivity contribution in [2.75, 3.05) is 0 Å². The first-order valence-corrected chi connectivity index (χ1v) is 6.52. The van der Waals surface area contributed by atoms with Gasteiger partial charge in [0.05, 0.1) is 17.5 Å². The molecule has 6 heteroatoms. The summed E-state index contributed by atoms with van der Waals surface area (Å²) >= 11 is 0. The average Bonchev–Trinajstić information content (AvgIpc) is 2.77. The van der Waals surface area contributed by atoms with E-state index in [1.54, 1.807) is 36.4 Å². The minimum Gasteiger partial charge on any atom is -0.481 e. The van der Waals surface area contributed by atoms with Crippen LogP contribution in [0.2, 0.25) is 0 Å². The summed E-state index contributed by atoms with van der Waals surface area (Å²) in [7, 11) is 0. The number of para-hydroxylation sites is 1. The zero-order valence-electron chi connectivity index (χ0n) is 11.3. The Balaban J connectivity index is 2.01. The number of aliphatic carboxylic acids is 1. The van der Waals surface area contributed by atoms with Gasteiger partial charge in [0, 0.05) is 5.56 Å². The molecule has 1 heterocycles. The SMILES string of the molecule is O=C(O)Cc1ccccc1Oc1cccc2c1C(=O)NC2=O. The van der Waals surface area contributed by atoms with E-state index in [4.69, 9.17) is 9.84 Å². The van der Waals surface area contributed by atoms with Gasteiger partial charge in [-0.15, -0.1) is 0 Å². The Morgan fingerprint density at radius 2 is 1.73 bits per heavy atom. The fourth-order valence-electron chi connectivity index (χ4n) is 2.30. The van der Waals surface area contributed by atoms with Gasteiger partial charge in [0.2, 0.25) is 0 Å². The number of carbonyl (C=O) groups excluding carboxylic acids is 2. The number of fused-ring (bicyclic) bond motifs is 1. The van der Waals surface area contributed by atoms with Crippen LogP contribution < -0.4 is 10.1 Å². The number of imide groups is 1. The van der Waals surface area contributed by atoms with Gasteiger partial charge in [0.25, 0.3) is 11.8 Å². The van der Waals surface area contributed by atoms with Crippen LogP contribution in [-0.2, 0) is 11.2 Å². The van der Waals surface area contributed by atoms with E-state index in [1.807, 2.05) is 0 Å². The van der Waals surface area contributed by atoms with E-state index in [-0.39, 0.29) is 23.3 Å². The first-order valence-electron chi connectivity index (χ1n) is 6.52. The lowest BCUT2D eigenvalue weighted by Crippen LogP contribution is -2.20. The molecule has 110 valence electrons. The van der Waals surface area contributed by atoms with E-state index in [1.165, 1.54) is 6.07 Å². The third-order valence-corrected chi connectivity index (χ3v) is 3.26. The van der Waals surface area contributed by atoms with Gasteiger partial charge in [0.15, 0.2) is 0 Å². The Morgan fingerprint density at radius 1 is 1.00 bits per heavy atom. The number of ether oxygens (including phenoxy) is 1. The van der Waals surface area contributed by atoms with E-state index in [0.29, 0.717) is 11.3 Å². The second kappa shape index (κ2) is 5.33. The van der Waals surface area contributed by atoms with Crippen LogP contribution in [0.25, 0.3) is 0 Å². The highest BCUT2D eigenvalue weighted by atomic mass is 16.5.